The molecular formula is C27H25NO5. The molecule has 3 aromatic carbocycles. The van der Waals surface area contributed by atoms with Crippen LogP contribution < -0.4 is 10.2 Å². The van der Waals surface area contributed by atoms with Gasteiger partial charge in [-0.25, -0.2) is 0 Å². The van der Waals surface area contributed by atoms with Crippen LogP contribution in [0.5, 0.6) is 5.75 Å². The second-order valence-electron chi connectivity index (χ2n) is 9.13. The van der Waals surface area contributed by atoms with Gasteiger partial charge in [0.15, 0.2) is 5.76 Å². The second-order valence-corrected chi connectivity index (χ2v) is 9.13. The highest BCUT2D eigenvalue weighted by Crippen LogP contribution is 2.33. The summed E-state index contributed by atoms with van der Waals surface area (Å²) < 4.78 is 12.2. The van der Waals surface area contributed by atoms with Gasteiger partial charge in [-0.3, -0.25) is 14.9 Å². The van der Waals surface area contributed by atoms with E-state index in [0.29, 0.717) is 22.3 Å². The van der Waals surface area contributed by atoms with Crippen LogP contribution >= 0.6 is 0 Å². The molecule has 1 aromatic heterocycles. The van der Waals surface area contributed by atoms with Crippen LogP contribution in [-0.4, -0.2) is 4.92 Å². The van der Waals surface area contributed by atoms with Crippen molar-refractivity contribution in [2.24, 2.45) is 0 Å². The number of hydrogen-bond acceptors (Lipinski definition) is 5. The van der Waals surface area contributed by atoms with Crippen LogP contribution in [0.1, 0.15) is 37.5 Å². The van der Waals surface area contributed by atoms with Crippen LogP contribution in [0.25, 0.3) is 22.3 Å². The Balaban J connectivity index is 1.78. The molecule has 0 aliphatic carbocycles. The SMILES string of the molecule is Cc1ccc2c(=O)c(OCc3ccc([N+](=O)[O-])cc3)c(-c3ccc(C(C)(C)C)cc3)oc2c1. The minimum Gasteiger partial charge on any atom is -0.481 e. The first-order valence-corrected chi connectivity index (χ1v) is 10.7. The lowest BCUT2D eigenvalue weighted by Gasteiger charge is -2.19. The summed E-state index contributed by atoms with van der Waals surface area (Å²) in [5.41, 5.74) is 3.83. The molecule has 0 fully saturated rings. The van der Waals surface area contributed by atoms with E-state index in [1.54, 1.807) is 18.2 Å². The minimum atomic E-state index is -0.454. The Kier molecular flexibility index (Phi) is 5.77. The number of ether oxygens (including phenoxy) is 1. The van der Waals surface area contributed by atoms with Crippen LogP contribution in [0.3, 0.4) is 0 Å². The molecule has 0 aliphatic rings. The molecule has 0 N–H and O–H groups in total. The minimum absolute atomic E-state index is 0.000957. The maximum Gasteiger partial charge on any atom is 0.269 e. The molecule has 0 saturated heterocycles. The molecule has 0 saturated carbocycles. The third kappa shape index (κ3) is 4.65. The fraction of sp³-hybridized carbons (Fsp3) is 0.222. The summed E-state index contributed by atoms with van der Waals surface area (Å²) in [4.78, 5) is 23.8. The molecule has 6 nitrogen and oxygen atoms in total. The lowest BCUT2D eigenvalue weighted by atomic mass is 9.86. The predicted molar refractivity (Wildman–Crippen MR) is 129 cm³/mol. The smallest absolute Gasteiger partial charge is 0.269 e. The lowest BCUT2D eigenvalue weighted by molar-refractivity contribution is -0.384. The molecule has 4 aromatic rings. The fourth-order valence-corrected chi connectivity index (χ4v) is 3.60. The van der Waals surface area contributed by atoms with E-state index in [2.05, 4.69) is 20.8 Å². The number of hydrogen-bond donors (Lipinski definition) is 0. The number of aryl methyl sites for hydroxylation is 1. The number of fused-ring (bicyclic) bond motifs is 1. The van der Waals surface area contributed by atoms with Crippen LogP contribution in [0.2, 0.25) is 0 Å². The van der Waals surface area contributed by atoms with Crippen molar-refractivity contribution in [1.82, 2.24) is 0 Å². The highest BCUT2D eigenvalue weighted by Gasteiger charge is 2.20. The van der Waals surface area contributed by atoms with E-state index < -0.39 is 4.92 Å². The topological polar surface area (TPSA) is 82.6 Å². The molecule has 1 heterocycles. The molecule has 0 bridgehead atoms. The number of benzene rings is 3. The van der Waals surface area contributed by atoms with Gasteiger partial charge in [0.2, 0.25) is 11.2 Å². The third-order valence-corrected chi connectivity index (χ3v) is 5.55. The Bertz CT molecular complexity index is 1380. The van der Waals surface area contributed by atoms with Crippen molar-refractivity contribution in [1.29, 1.82) is 0 Å². The highest BCUT2D eigenvalue weighted by molar-refractivity contribution is 5.82. The molecule has 6 heteroatoms. The van der Waals surface area contributed by atoms with Gasteiger partial charge in [-0.05, 0) is 53.3 Å². The van der Waals surface area contributed by atoms with Gasteiger partial charge < -0.3 is 9.15 Å². The Morgan fingerprint density at radius 1 is 0.970 bits per heavy atom. The van der Waals surface area contributed by atoms with Crippen molar-refractivity contribution in [3.8, 4) is 17.1 Å². The van der Waals surface area contributed by atoms with E-state index in [0.717, 1.165) is 11.1 Å². The summed E-state index contributed by atoms with van der Waals surface area (Å²) in [6.45, 7) is 8.43. The Hall–Kier alpha value is -3.93. The summed E-state index contributed by atoms with van der Waals surface area (Å²) in [5.74, 6) is 0.480. The first-order chi connectivity index (χ1) is 15.6. The van der Waals surface area contributed by atoms with Crippen molar-refractivity contribution < 1.29 is 14.1 Å². The van der Waals surface area contributed by atoms with Crippen molar-refractivity contribution in [2.45, 2.75) is 39.7 Å². The molecule has 0 spiro atoms. The molecule has 33 heavy (non-hydrogen) atoms. The number of non-ortho nitro benzene ring substituents is 1. The fourth-order valence-electron chi connectivity index (χ4n) is 3.60. The van der Waals surface area contributed by atoms with Gasteiger partial charge in [0.1, 0.15) is 12.2 Å². The predicted octanol–water partition coefficient (Wildman–Crippen LogP) is 6.55. The monoisotopic (exact) mass is 443 g/mol. The summed E-state index contributed by atoms with van der Waals surface area (Å²) >= 11 is 0. The Labute approximate surface area is 191 Å². The first kappa shape index (κ1) is 22.3. The van der Waals surface area contributed by atoms with Crippen LogP contribution in [0, 0.1) is 17.0 Å². The van der Waals surface area contributed by atoms with Gasteiger partial charge in [-0.2, -0.15) is 0 Å². The molecule has 0 radical (unpaired) electrons. The van der Waals surface area contributed by atoms with Crippen molar-refractivity contribution in [3.05, 3.63) is 104 Å². The van der Waals surface area contributed by atoms with Crippen molar-refractivity contribution in [3.63, 3.8) is 0 Å². The third-order valence-electron chi connectivity index (χ3n) is 5.55. The van der Waals surface area contributed by atoms with E-state index >= 15 is 0 Å². The van der Waals surface area contributed by atoms with E-state index in [1.807, 2.05) is 43.3 Å². The van der Waals surface area contributed by atoms with Gasteiger partial charge in [0.05, 0.1) is 10.3 Å². The summed E-state index contributed by atoms with van der Waals surface area (Å²) in [5, 5.41) is 11.3. The highest BCUT2D eigenvalue weighted by atomic mass is 16.6. The normalized spacial score (nSPS) is 11.5. The van der Waals surface area contributed by atoms with Gasteiger partial charge >= 0.3 is 0 Å². The number of nitrogens with zero attached hydrogens (tertiary/aromatic N) is 1. The zero-order valence-electron chi connectivity index (χ0n) is 19.0. The zero-order chi connectivity index (χ0) is 23.8. The zero-order valence-corrected chi connectivity index (χ0v) is 19.0. The van der Waals surface area contributed by atoms with E-state index in [4.69, 9.17) is 9.15 Å². The number of nitro groups is 1. The van der Waals surface area contributed by atoms with E-state index in [1.165, 1.54) is 17.7 Å². The van der Waals surface area contributed by atoms with Gasteiger partial charge in [-0.15, -0.1) is 0 Å². The maximum absolute atomic E-state index is 13.4. The Morgan fingerprint density at radius 3 is 2.24 bits per heavy atom. The van der Waals surface area contributed by atoms with Crippen LogP contribution in [-0.2, 0) is 12.0 Å². The van der Waals surface area contributed by atoms with Gasteiger partial charge in [0.25, 0.3) is 5.69 Å². The Morgan fingerprint density at radius 2 is 1.64 bits per heavy atom. The second kappa shape index (κ2) is 8.54. The molecule has 4 rings (SSSR count). The quantitative estimate of drug-likeness (QED) is 0.258. The summed E-state index contributed by atoms with van der Waals surface area (Å²) in [6, 6.07) is 19.4. The largest absolute Gasteiger partial charge is 0.481 e. The van der Waals surface area contributed by atoms with Crippen molar-refractivity contribution >= 4 is 16.7 Å². The molecule has 0 unspecified atom stereocenters. The van der Waals surface area contributed by atoms with E-state index in [-0.39, 0.29) is 28.9 Å². The summed E-state index contributed by atoms with van der Waals surface area (Å²) in [7, 11) is 0. The molecule has 0 amide bonds. The summed E-state index contributed by atoms with van der Waals surface area (Å²) in [6.07, 6.45) is 0. The molecule has 0 atom stereocenters. The van der Waals surface area contributed by atoms with Crippen molar-refractivity contribution in [2.75, 3.05) is 0 Å². The first-order valence-electron chi connectivity index (χ1n) is 10.7. The number of rotatable bonds is 5. The van der Waals surface area contributed by atoms with Gasteiger partial charge in [0, 0.05) is 17.7 Å². The average molecular weight is 443 g/mol. The molecule has 168 valence electrons. The lowest BCUT2D eigenvalue weighted by Crippen LogP contribution is -2.11. The van der Waals surface area contributed by atoms with Gasteiger partial charge in [-0.1, -0.05) is 51.1 Å². The number of nitro benzene ring substituents is 1. The average Bonchev–Trinajstić information content (AvgIpc) is 2.78. The molecule has 0 aliphatic heterocycles. The standard InChI is InChI=1S/C27H25NO5/c1-17-5-14-22-23(15-17)33-25(19-8-10-20(11-9-19)27(2,3)4)26(24(22)29)32-16-18-6-12-21(13-7-18)28(30)31/h5-15H,16H2,1-4H3. The van der Waals surface area contributed by atoms with Crippen LogP contribution in [0.15, 0.2) is 75.9 Å². The molecular weight excluding hydrogens is 418 g/mol. The van der Waals surface area contributed by atoms with Crippen LogP contribution in [0.4, 0.5) is 5.69 Å². The van der Waals surface area contributed by atoms with E-state index in [9.17, 15) is 14.9 Å². The maximum atomic E-state index is 13.4.